The molecule has 0 radical (unpaired) electrons. The Bertz CT molecular complexity index is 1230. The van der Waals surface area contributed by atoms with Crippen LogP contribution in [0.25, 0.3) is 0 Å². The Labute approximate surface area is 214 Å². The number of hydrogen-bond acceptors (Lipinski definition) is 9. The number of nitrogens with one attached hydrogen (secondary N) is 2. The van der Waals surface area contributed by atoms with Gasteiger partial charge in [-0.2, -0.15) is 5.26 Å². The number of methoxy groups -OCH3 is 1. The van der Waals surface area contributed by atoms with Crippen LogP contribution in [0.1, 0.15) is 40.5 Å². The molecule has 0 saturated carbocycles. The highest BCUT2D eigenvalue weighted by molar-refractivity contribution is 6.01. The molecule has 12 heteroatoms. The zero-order valence-corrected chi connectivity index (χ0v) is 20.8. The molecule has 12 nitrogen and oxygen atoms in total. The van der Waals surface area contributed by atoms with Crippen LogP contribution in [0.5, 0.6) is 5.75 Å². The van der Waals surface area contributed by atoms with Gasteiger partial charge < -0.3 is 19.7 Å². The van der Waals surface area contributed by atoms with Crippen molar-refractivity contribution in [1.82, 2.24) is 20.2 Å². The molecular weight excluding hydrogens is 478 g/mol. The first-order chi connectivity index (χ1) is 17.9. The number of hydrogen-bond donors (Lipinski definition) is 2. The summed E-state index contributed by atoms with van der Waals surface area (Å²) in [5.41, 5.74) is 1.92. The van der Waals surface area contributed by atoms with Gasteiger partial charge in [-0.15, -0.1) is 0 Å². The van der Waals surface area contributed by atoms with E-state index in [0.717, 1.165) is 5.56 Å². The Balaban J connectivity index is 1.54. The maximum absolute atomic E-state index is 13.2. The number of nitriles is 1. The van der Waals surface area contributed by atoms with Crippen molar-refractivity contribution < 1.29 is 23.9 Å². The van der Waals surface area contributed by atoms with Crippen LogP contribution in [0.15, 0.2) is 18.3 Å². The van der Waals surface area contributed by atoms with E-state index in [0.29, 0.717) is 56.8 Å². The van der Waals surface area contributed by atoms with Crippen LogP contribution in [0.4, 0.5) is 16.4 Å². The lowest BCUT2D eigenvalue weighted by Gasteiger charge is -2.33. The second-order valence-electron chi connectivity index (χ2n) is 8.77. The number of anilines is 2. The summed E-state index contributed by atoms with van der Waals surface area (Å²) in [5.74, 6) is 0.871. The Morgan fingerprint density at radius 1 is 1.35 bits per heavy atom. The molecule has 0 aromatic carbocycles. The molecule has 2 aromatic rings. The minimum Gasteiger partial charge on any atom is -0.490 e. The van der Waals surface area contributed by atoms with E-state index in [-0.39, 0.29) is 47.9 Å². The summed E-state index contributed by atoms with van der Waals surface area (Å²) in [6.45, 7) is 4.31. The number of carbonyl (C=O) groups is 3. The Kier molecular flexibility index (Phi) is 8.27. The number of amides is 3. The van der Waals surface area contributed by atoms with Crippen LogP contribution in [0, 0.1) is 11.3 Å². The normalized spacial score (nSPS) is 17.1. The van der Waals surface area contributed by atoms with Crippen LogP contribution < -0.4 is 20.3 Å². The quantitative estimate of drug-likeness (QED) is 0.400. The number of aryl methyl sites for hydroxylation is 1. The van der Waals surface area contributed by atoms with Crippen LogP contribution in [-0.2, 0) is 22.5 Å². The Morgan fingerprint density at radius 2 is 2.19 bits per heavy atom. The molecule has 0 spiro atoms. The van der Waals surface area contributed by atoms with Gasteiger partial charge in [0.2, 0.25) is 5.91 Å². The summed E-state index contributed by atoms with van der Waals surface area (Å²) in [6.07, 6.45) is 3.38. The zero-order valence-electron chi connectivity index (χ0n) is 20.8. The van der Waals surface area contributed by atoms with E-state index in [1.54, 1.807) is 12.0 Å². The van der Waals surface area contributed by atoms with E-state index in [4.69, 9.17) is 9.47 Å². The lowest BCUT2D eigenvalue weighted by molar-refractivity contribution is -0.135. The number of urea groups is 1. The zero-order chi connectivity index (χ0) is 26.4. The average molecular weight is 508 g/mol. The standard InChI is InChI=1S/C25H29N7O5/c1-16-24(34)31(7-5-27-16)14-18-10-17-4-3-6-32(23(17)29-20(18)15-33)25(35)30-22-11-21(37-9-8-36-2)19(12-26)13-28-22/h10-11,13,15-16,27H,3-9,14H2,1-2H3,(H,28,30,35). The summed E-state index contributed by atoms with van der Waals surface area (Å²) < 4.78 is 10.5. The minimum absolute atomic E-state index is 0.0256. The maximum Gasteiger partial charge on any atom is 0.328 e. The first kappa shape index (κ1) is 26.0. The number of piperazine rings is 1. The van der Waals surface area contributed by atoms with E-state index < -0.39 is 6.03 Å². The third-order valence-corrected chi connectivity index (χ3v) is 6.27. The number of aldehydes is 1. The van der Waals surface area contributed by atoms with Crippen molar-refractivity contribution >= 4 is 29.9 Å². The van der Waals surface area contributed by atoms with Crippen molar-refractivity contribution in [3.05, 3.63) is 40.7 Å². The van der Waals surface area contributed by atoms with Gasteiger partial charge in [0.05, 0.1) is 18.8 Å². The van der Waals surface area contributed by atoms with Gasteiger partial charge in [-0.05, 0) is 31.4 Å². The molecule has 4 rings (SSSR count). The number of ether oxygens (including phenoxy) is 2. The van der Waals surface area contributed by atoms with Gasteiger partial charge in [0, 0.05) is 44.9 Å². The molecule has 3 amide bonds. The fourth-order valence-electron chi connectivity index (χ4n) is 4.35. The smallest absolute Gasteiger partial charge is 0.328 e. The minimum atomic E-state index is -0.468. The predicted molar refractivity (Wildman–Crippen MR) is 134 cm³/mol. The molecule has 1 atom stereocenters. The van der Waals surface area contributed by atoms with Gasteiger partial charge in [-0.1, -0.05) is 0 Å². The molecule has 4 heterocycles. The number of aromatic nitrogens is 2. The van der Waals surface area contributed by atoms with E-state index in [2.05, 4.69) is 20.6 Å². The number of nitrogens with zero attached hydrogens (tertiary/aromatic N) is 5. The summed E-state index contributed by atoms with van der Waals surface area (Å²) in [6, 6.07) is 4.61. The molecule has 1 saturated heterocycles. The molecule has 2 aliphatic rings. The molecule has 0 bridgehead atoms. The van der Waals surface area contributed by atoms with Gasteiger partial charge in [-0.25, -0.2) is 14.8 Å². The van der Waals surface area contributed by atoms with E-state index in [1.165, 1.54) is 17.2 Å². The van der Waals surface area contributed by atoms with Gasteiger partial charge in [0.25, 0.3) is 0 Å². The fraction of sp³-hybridized carbons (Fsp3) is 0.440. The van der Waals surface area contributed by atoms with Crippen LogP contribution in [0.3, 0.4) is 0 Å². The first-order valence-electron chi connectivity index (χ1n) is 12.1. The summed E-state index contributed by atoms with van der Waals surface area (Å²) >= 11 is 0. The summed E-state index contributed by atoms with van der Waals surface area (Å²) in [5, 5.41) is 15.2. The summed E-state index contributed by atoms with van der Waals surface area (Å²) in [7, 11) is 1.54. The molecule has 2 aliphatic heterocycles. The molecule has 1 fully saturated rings. The second kappa shape index (κ2) is 11.8. The maximum atomic E-state index is 13.2. The van der Waals surface area contributed by atoms with Crippen LogP contribution in [0.2, 0.25) is 0 Å². The highest BCUT2D eigenvalue weighted by atomic mass is 16.5. The van der Waals surface area contributed by atoms with Gasteiger partial charge >= 0.3 is 6.03 Å². The highest BCUT2D eigenvalue weighted by Crippen LogP contribution is 2.29. The van der Waals surface area contributed by atoms with Crippen molar-refractivity contribution in [2.24, 2.45) is 0 Å². The molecule has 2 N–H and O–H groups in total. The van der Waals surface area contributed by atoms with Gasteiger partial charge in [-0.3, -0.25) is 19.8 Å². The topological polar surface area (TPSA) is 150 Å². The molecule has 1 unspecified atom stereocenters. The van der Waals surface area contributed by atoms with Gasteiger partial charge in [0.1, 0.15) is 41.3 Å². The summed E-state index contributed by atoms with van der Waals surface area (Å²) in [4.78, 5) is 49.5. The fourth-order valence-corrected chi connectivity index (χ4v) is 4.35. The third kappa shape index (κ3) is 5.84. The third-order valence-electron chi connectivity index (χ3n) is 6.27. The number of pyridine rings is 2. The lowest BCUT2D eigenvalue weighted by Crippen LogP contribution is -2.53. The molecule has 0 aliphatic carbocycles. The van der Waals surface area contributed by atoms with Crippen molar-refractivity contribution in [2.45, 2.75) is 32.4 Å². The second-order valence-corrected chi connectivity index (χ2v) is 8.77. The van der Waals surface area contributed by atoms with Crippen molar-refractivity contribution in [2.75, 3.05) is 50.2 Å². The molecule has 2 aromatic heterocycles. The number of fused-ring (bicyclic) bond motifs is 1. The van der Waals surface area contributed by atoms with E-state index >= 15 is 0 Å². The van der Waals surface area contributed by atoms with Crippen molar-refractivity contribution in [3.8, 4) is 11.8 Å². The largest absolute Gasteiger partial charge is 0.490 e. The predicted octanol–water partition coefficient (Wildman–Crippen LogP) is 1.49. The molecular formula is C25H29N7O5. The van der Waals surface area contributed by atoms with Crippen LogP contribution >= 0.6 is 0 Å². The van der Waals surface area contributed by atoms with E-state index in [1.807, 2.05) is 19.1 Å². The van der Waals surface area contributed by atoms with Gasteiger partial charge in [0.15, 0.2) is 6.29 Å². The number of carbonyl (C=O) groups excluding carboxylic acids is 3. The Morgan fingerprint density at radius 3 is 2.95 bits per heavy atom. The SMILES string of the molecule is COCCOc1cc(NC(=O)N2CCCc3cc(CN4CCNC(C)C4=O)c(C=O)nc32)ncc1C#N. The van der Waals surface area contributed by atoms with Crippen molar-refractivity contribution in [1.29, 1.82) is 5.26 Å². The lowest BCUT2D eigenvalue weighted by atomic mass is 10.0. The average Bonchev–Trinajstić information content (AvgIpc) is 2.90. The first-order valence-corrected chi connectivity index (χ1v) is 12.1. The van der Waals surface area contributed by atoms with Crippen molar-refractivity contribution in [3.63, 3.8) is 0 Å². The monoisotopic (exact) mass is 507 g/mol. The van der Waals surface area contributed by atoms with E-state index in [9.17, 15) is 19.6 Å². The highest BCUT2D eigenvalue weighted by Gasteiger charge is 2.29. The molecule has 37 heavy (non-hydrogen) atoms. The number of rotatable bonds is 8. The van der Waals surface area contributed by atoms with Crippen LogP contribution in [-0.4, -0.2) is 79.1 Å². The molecule has 194 valence electrons. The Hall–Kier alpha value is -4.08.